The van der Waals surface area contributed by atoms with E-state index in [1.807, 2.05) is 17.5 Å². The summed E-state index contributed by atoms with van der Waals surface area (Å²) in [6.07, 6.45) is 1.94. The van der Waals surface area contributed by atoms with Crippen LogP contribution in [0.5, 0.6) is 0 Å². The number of halogens is 1. The van der Waals surface area contributed by atoms with Crippen molar-refractivity contribution in [1.82, 2.24) is 4.98 Å². The van der Waals surface area contributed by atoms with E-state index in [4.69, 9.17) is 11.6 Å². The zero-order valence-corrected chi connectivity index (χ0v) is 9.39. The van der Waals surface area contributed by atoms with Crippen molar-refractivity contribution < 1.29 is 4.79 Å². The van der Waals surface area contributed by atoms with E-state index in [0.29, 0.717) is 17.1 Å². The molecule has 0 bridgehead atoms. The minimum Gasteiger partial charge on any atom is -0.294 e. The first-order valence-electron chi connectivity index (χ1n) is 4.43. The van der Waals surface area contributed by atoms with E-state index in [1.54, 1.807) is 23.5 Å². The standard InChI is InChI=1S/C11H8ClNOS/c12-11-4-3-8(7-13-11)10(14)6-9-2-1-5-15-9/h1-5,7H,6H2. The summed E-state index contributed by atoms with van der Waals surface area (Å²) >= 11 is 7.22. The molecule has 0 atom stereocenters. The molecular formula is C11H8ClNOS. The van der Waals surface area contributed by atoms with Gasteiger partial charge in [0.2, 0.25) is 0 Å². The Hall–Kier alpha value is -1.19. The van der Waals surface area contributed by atoms with Gasteiger partial charge in [0.05, 0.1) is 0 Å². The van der Waals surface area contributed by atoms with Crippen LogP contribution in [-0.4, -0.2) is 10.8 Å². The second-order valence-electron chi connectivity index (χ2n) is 3.05. The average molecular weight is 238 g/mol. The summed E-state index contributed by atoms with van der Waals surface area (Å²) in [5.41, 5.74) is 0.604. The molecule has 4 heteroatoms. The number of Topliss-reactive ketones (excluding diaryl/α,β-unsaturated/α-hetero) is 1. The highest BCUT2D eigenvalue weighted by molar-refractivity contribution is 7.10. The van der Waals surface area contributed by atoms with Gasteiger partial charge < -0.3 is 0 Å². The number of ketones is 1. The number of carbonyl (C=O) groups is 1. The molecule has 0 saturated heterocycles. The maximum Gasteiger partial charge on any atom is 0.169 e. The summed E-state index contributed by atoms with van der Waals surface area (Å²) in [5.74, 6) is 0.0709. The van der Waals surface area contributed by atoms with E-state index in [-0.39, 0.29) is 5.78 Å². The Balaban J connectivity index is 2.11. The van der Waals surface area contributed by atoms with Gasteiger partial charge in [0.25, 0.3) is 0 Å². The molecule has 0 unspecified atom stereocenters. The maximum atomic E-state index is 11.7. The fourth-order valence-electron chi connectivity index (χ4n) is 1.21. The van der Waals surface area contributed by atoms with Crippen molar-refractivity contribution in [2.24, 2.45) is 0 Å². The van der Waals surface area contributed by atoms with Crippen molar-refractivity contribution in [3.05, 3.63) is 51.4 Å². The van der Waals surface area contributed by atoms with Gasteiger partial charge in [-0.05, 0) is 23.6 Å². The number of hydrogen-bond donors (Lipinski definition) is 0. The van der Waals surface area contributed by atoms with Crippen molar-refractivity contribution in [1.29, 1.82) is 0 Å². The lowest BCUT2D eigenvalue weighted by atomic mass is 10.1. The smallest absolute Gasteiger partial charge is 0.169 e. The molecule has 0 saturated carbocycles. The van der Waals surface area contributed by atoms with Crippen molar-refractivity contribution in [2.45, 2.75) is 6.42 Å². The lowest BCUT2D eigenvalue weighted by Crippen LogP contribution is -2.02. The summed E-state index contributed by atoms with van der Waals surface area (Å²) in [6.45, 7) is 0. The molecule has 0 N–H and O–H groups in total. The lowest BCUT2D eigenvalue weighted by molar-refractivity contribution is 0.0993. The molecule has 2 aromatic rings. The Morgan fingerprint density at radius 3 is 2.87 bits per heavy atom. The minimum absolute atomic E-state index is 0.0709. The van der Waals surface area contributed by atoms with Gasteiger partial charge in [-0.25, -0.2) is 4.98 Å². The number of hydrogen-bond acceptors (Lipinski definition) is 3. The summed E-state index contributed by atoms with van der Waals surface area (Å²) < 4.78 is 0. The number of thiophene rings is 1. The highest BCUT2D eigenvalue weighted by Gasteiger charge is 2.07. The van der Waals surface area contributed by atoms with Crippen LogP contribution < -0.4 is 0 Å². The molecule has 0 spiro atoms. The van der Waals surface area contributed by atoms with Gasteiger partial charge >= 0.3 is 0 Å². The SMILES string of the molecule is O=C(Cc1cccs1)c1ccc(Cl)nc1. The van der Waals surface area contributed by atoms with Crippen molar-refractivity contribution >= 4 is 28.7 Å². The third kappa shape index (κ3) is 2.64. The monoisotopic (exact) mass is 237 g/mol. The average Bonchev–Trinajstić information content (AvgIpc) is 2.71. The van der Waals surface area contributed by atoms with Crippen LogP contribution in [0.25, 0.3) is 0 Å². The van der Waals surface area contributed by atoms with Crippen molar-refractivity contribution in [3.8, 4) is 0 Å². The van der Waals surface area contributed by atoms with Gasteiger partial charge in [0.1, 0.15) is 5.15 Å². The summed E-state index contributed by atoms with van der Waals surface area (Å²) in [5, 5.41) is 2.37. The van der Waals surface area contributed by atoms with Crippen LogP contribution in [-0.2, 0) is 6.42 Å². The molecule has 0 radical (unpaired) electrons. The molecule has 15 heavy (non-hydrogen) atoms. The Morgan fingerprint density at radius 1 is 1.40 bits per heavy atom. The van der Waals surface area contributed by atoms with Crippen LogP contribution in [0.4, 0.5) is 0 Å². The predicted molar refractivity (Wildman–Crippen MR) is 61.6 cm³/mol. The van der Waals surface area contributed by atoms with Crippen LogP contribution in [0.15, 0.2) is 35.8 Å². The van der Waals surface area contributed by atoms with E-state index in [9.17, 15) is 4.79 Å². The topological polar surface area (TPSA) is 30.0 Å². The number of carbonyl (C=O) groups excluding carboxylic acids is 1. The highest BCUT2D eigenvalue weighted by Crippen LogP contribution is 2.13. The number of rotatable bonds is 3. The number of nitrogens with zero attached hydrogens (tertiary/aromatic N) is 1. The Kier molecular flexibility index (Phi) is 3.14. The molecule has 0 aliphatic carbocycles. The molecule has 0 aromatic carbocycles. The fourth-order valence-corrected chi connectivity index (χ4v) is 2.03. The van der Waals surface area contributed by atoms with Crippen molar-refractivity contribution in [3.63, 3.8) is 0 Å². The molecule has 76 valence electrons. The summed E-state index contributed by atoms with van der Waals surface area (Å²) in [6, 6.07) is 7.22. The van der Waals surface area contributed by atoms with Crippen LogP contribution in [0, 0.1) is 0 Å². The second-order valence-corrected chi connectivity index (χ2v) is 4.47. The number of aromatic nitrogens is 1. The van der Waals surface area contributed by atoms with Crippen LogP contribution in [0.3, 0.4) is 0 Å². The fraction of sp³-hybridized carbons (Fsp3) is 0.0909. The van der Waals surface area contributed by atoms with Crippen LogP contribution in [0.1, 0.15) is 15.2 Å². The first kappa shape index (κ1) is 10.3. The minimum atomic E-state index is 0.0709. The van der Waals surface area contributed by atoms with Gasteiger partial charge in [0, 0.05) is 23.1 Å². The van der Waals surface area contributed by atoms with Crippen molar-refractivity contribution in [2.75, 3.05) is 0 Å². The van der Waals surface area contributed by atoms with E-state index < -0.39 is 0 Å². The van der Waals surface area contributed by atoms with E-state index in [1.165, 1.54) is 6.20 Å². The third-order valence-corrected chi connectivity index (χ3v) is 3.06. The van der Waals surface area contributed by atoms with E-state index >= 15 is 0 Å². The lowest BCUT2D eigenvalue weighted by Gasteiger charge is -1.98. The third-order valence-electron chi connectivity index (χ3n) is 1.96. The van der Waals surface area contributed by atoms with E-state index in [0.717, 1.165) is 4.88 Å². The Labute approximate surface area is 96.5 Å². The Bertz CT molecular complexity index is 450. The molecule has 0 fully saturated rings. The van der Waals surface area contributed by atoms with Crippen LogP contribution in [0.2, 0.25) is 5.15 Å². The molecule has 2 nitrogen and oxygen atoms in total. The van der Waals surface area contributed by atoms with Gasteiger partial charge in [-0.3, -0.25) is 4.79 Å². The number of pyridine rings is 1. The Morgan fingerprint density at radius 2 is 2.27 bits per heavy atom. The van der Waals surface area contributed by atoms with Gasteiger partial charge in [-0.2, -0.15) is 0 Å². The molecule has 0 aliphatic heterocycles. The molecule has 2 heterocycles. The molecule has 2 rings (SSSR count). The highest BCUT2D eigenvalue weighted by atomic mass is 35.5. The van der Waals surface area contributed by atoms with Gasteiger partial charge in [0.15, 0.2) is 5.78 Å². The largest absolute Gasteiger partial charge is 0.294 e. The van der Waals surface area contributed by atoms with E-state index in [2.05, 4.69) is 4.98 Å². The first-order chi connectivity index (χ1) is 7.25. The summed E-state index contributed by atoms with van der Waals surface area (Å²) in [4.78, 5) is 16.7. The molecule has 0 aliphatic rings. The molecule has 0 amide bonds. The molecule has 2 aromatic heterocycles. The van der Waals surface area contributed by atoms with Crippen LogP contribution >= 0.6 is 22.9 Å². The quantitative estimate of drug-likeness (QED) is 0.606. The predicted octanol–water partition coefficient (Wildman–Crippen LogP) is 3.22. The zero-order valence-electron chi connectivity index (χ0n) is 7.81. The second kappa shape index (κ2) is 4.55. The maximum absolute atomic E-state index is 11.7. The molecular weight excluding hydrogens is 230 g/mol. The zero-order chi connectivity index (χ0) is 10.7. The van der Waals surface area contributed by atoms with Gasteiger partial charge in [-0.1, -0.05) is 17.7 Å². The van der Waals surface area contributed by atoms with Gasteiger partial charge in [-0.15, -0.1) is 11.3 Å². The normalized spacial score (nSPS) is 10.2. The first-order valence-corrected chi connectivity index (χ1v) is 5.68. The summed E-state index contributed by atoms with van der Waals surface area (Å²) in [7, 11) is 0.